The van der Waals surface area contributed by atoms with E-state index in [4.69, 9.17) is 5.73 Å². The summed E-state index contributed by atoms with van der Waals surface area (Å²) in [6.45, 7) is 9.25. The van der Waals surface area contributed by atoms with Crippen LogP contribution in [0.1, 0.15) is 43.8 Å². The van der Waals surface area contributed by atoms with E-state index in [0.29, 0.717) is 57.6 Å². The van der Waals surface area contributed by atoms with Crippen molar-refractivity contribution in [3.63, 3.8) is 0 Å². The van der Waals surface area contributed by atoms with Crippen molar-refractivity contribution < 1.29 is 17.7 Å². The molecule has 0 spiro atoms. The van der Waals surface area contributed by atoms with E-state index in [1.807, 2.05) is 10.5 Å². The Morgan fingerprint density at radius 2 is 1.76 bits per heavy atom. The SMILES string of the molecule is Cc1nc(N[C@H](C)c2cc(N)cc(C(F)(F)F)c2)c2cc(P3(=O)CCN(C(C)C)CC3)c3nccn3c2n1. The number of nitrogens with zero attached hydrogens (tertiary/aromatic N) is 5. The molecule has 0 aliphatic carbocycles. The first-order chi connectivity index (χ1) is 17.9. The lowest BCUT2D eigenvalue weighted by Gasteiger charge is -2.35. The molecule has 1 aromatic carbocycles. The highest BCUT2D eigenvalue weighted by molar-refractivity contribution is 7.72. The van der Waals surface area contributed by atoms with Crippen molar-refractivity contribution in [2.24, 2.45) is 0 Å². The number of imidazole rings is 1. The van der Waals surface area contributed by atoms with Gasteiger partial charge >= 0.3 is 6.18 Å². The minimum absolute atomic E-state index is 0.0282. The van der Waals surface area contributed by atoms with Crippen LogP contribution in [-0.2, 0) is 10.7 Å². The summed E-state index contributed by atoms with van der Waals surface area (Å²) in [5.41, 5.74) is 6.59. The number of fused-ring (bicyclic) bond motifs is 3. The Morgan fingerprint density at radius 3 is 2.42 bits per heavy atom. The van der Waals surface area contributed by atoms with Crippen LogP contribution < -0.4 is 16.4 Å². The summed E-state index contributed by atoms with van der Waals surface area (Å²) >= 11 is 0. The van der Waals surface area contributed by atoms with E-state index in [1.165, 1.54) is 6.07 Å². The standard InChI is InChI=1S/C26H31F3N7OP/c1-15(2)35-7-9-38(37,10-8-35)22-14-21-23(33-17(4)34-24(21)36-6-5-31-25(22)36)32-16(3)18-11-19(26(27,28)29)13-20(30)12-18/h5-6,11-16H,7-10,30H2,1-4H3,(H,32,33,34)/t16-/m1/s1. The van der Waals surface area contributed by atoms with Gasteiger partial charge in [-0.05, 0) is 57.5 Å². The quantitative estimate of drug-likeness (QED) is 0.267. The topological polar surface area (TPSA) is 101 Å². The van der Waals surface area contributed by atoms with Crippen LogP contribution >= 0.6 is 7.14 Å². The van der Waals surface area contributed by atoms with Crippen molar-refractivity contribution in [2.45, 2.75) is 46.0 Å². The van der Waals surface area contributed by atoms with Crippen LogP contribution in [0, 0.1) is 6.92 Å². The number of aryl methyl sites for hydroxylation is 1. The van der Waals surface area contributed by atoms with Crippen molar-refractivity contribution in [3.05, 3.63) is 53.6 Å². The molecule has 1 aliphatic heterocycles. The lowest BCUT2D eigenvalue weighted by Crippen LogP contribution is -2.41. The van der Waals surface area contributed by atoms with E-state index in [2.05, 4.69) is 39.0 Å². The molecular formula is C26H31F3N7OP. The fourth-order valence-electron chi connectivity index (χ4n) is 5.10. The maximum absolute atomic E-state index is 14.3. The van der Waals surface area contributed by atoms with Crippen molar-refractivity contribution >= 4 is 40.6 Å². The number of anilines is 2. The maximum Gasteiger partial charge on any atom is 0.416 e. The van der Waals surface area contributed by atoms with Crippen LogP contribution in [0.3, 0.4) is 0 Å². The van der Waals surface area contributed by atoms with E-state index in [0.717, 1.165) is 25.2 Å². The first-order valence-corrected chi connectivity index (χ1v) is 14.6. The molecule has 0 bridgehead atoms. The molecule has 5 rings (SSSR count). The lowest BCUT2D eigenvalue weighted by molar-refractivity contribution is -0.137. The number of nitrogens with two attached hydrogens (primary N) is 1. The number of rotatable bonds is 5. The van der Waals surface area contributed by atoms with Crippen molar-refractivity contribution in [2.75, 3.05) is 36.5 Å². The van der Waals surface area contributed by atoms with Gasteiger partial charge in [0.05, 0.1) is 22.3 Å². The smallest absolute Gasteiger partial charge is 0.399 e. The van der Waals surface area contributed by atoms with Gasteiger partial charge in [-0.15, -0.1) is 0 Å². The average Bonchev–Trinajstić information content (AvgIpc) is 3.33. The Morgan fingerprint density at radius 1 is 1.05 bits per heavy atom. The van der Waals surface area contributed by atoms with Gasteiger partial charge < -0.3 is 15.6 Å². The van der Waals surface area contributed by atoms with Crippen molar-refractivity contribution in [1.29, 1.82) is 0 Å². The third-order valence-corrected chi connectivity index (χ3v) is 10.3. The molecule has 0 radical (unpaired) electrons. The minimum atomic E-state index is -4.51. The second-order valence-electron chi connectivity index (χ2n) is 10.2. The molecule has 0 unspecified atom stereocenters. The number of hydrogen-bond donors (Lipinski definition) is 2. The summed E-state index contributed by atoms with van der Waals surface area (Å²) in [5, 5.41) is 4.58. The fraction of sp³-hybridized carbons (Fsp3) is 0.423. The van der Waals surface area contributed by atoms with Crippen LogP contribution in [-0.4, -0.2) is 55.7 Å². The van der Waals surface area contributed by atoms with Gasteiger partial charge in [0, 0.05) is 49.5 Å². The first kappa shape index (κ1) is 26.4. The zero-order valence-corrected chi connectivity index (χ0v) is 22.6. The Kier molecular flexibility index (Phi) is 6.64. The summed E-state index contributed by atoms with van der Waals surface area (Å²) in [7, 11) is -2.77. The number of halogens is 3. The highest BCUT2D eigenvalue weighted by Gasteiger charge is 2.35. The number of nitrogens with one attached hydrogen (secondary N) is 1. The molecule has 3 aromatic heterocycles. The van der Waals surface area contributed by atoms with Crippen LogP contribution in [0.4, 0.5) is 24.7 Å². The monoisotopic (exact) mass is 545 g/mol. The number of aromatic nitrogens is 4. The molecule has 8 nitrogen and oxygen atoms in total. The van der Waals surface area contributed by atoms with Crippen LogP contribution in [0.2, 0.25) is 0 Å². The maximum atomic E-state index is 14.3. The fourth-order valence-corrected chi connectivity index (χ4v) is 7.86. The normalized spacial score (nSPS) is 17.4. The predicted octanol–water partition coefficient (Wildman–Crippen LogP) is 5.07. The van der Waals surface area contributed by atoms with Gasteiger partial charge in [0.2, 0.25) is 0 Å². The summed E-state index contributed by atoms with van der Waals surface area (Å²) in [6, 6.07) is 5.21. The van der Waals surface area contributed by atoms with E-state index >= 15 is 0 Å². The molecule has 38 heavy (non-hydrogen) atoms. The largest absolute Gasteiger partial charge is 0.416 e. The summed E-state index contributed by atoms with van der Waals surface area (Å²) < 4.78 is 56.3. The van der Waals surface area contributed by atoms with E-state index in [1.54, 1.807) is 26.2 Å². The van der Waals surface area contributed by atoms with Crippen LogP contribution in [0.25, 0.3) is 16.7 Å². The van der Waals surface area contributed by atoms with Gasteiger partial charge in [-0.1, -0.05) is 0 Å². The van der Waals surface area contributed by atoms with Gasteiger partial charge in [-0.25, -0.2) is 15.0 Å². The van der Waals surface area contributed by atoms with E-state index in [9.17, 15) is 17.7 Å². The number of nitrogen functional groups attached to an aromatic ring is 1. The van der Waals surface area contributed by atoms with Gasteiger partial charge in [0.15, 0.2) is 5.65 Å². The molecule has 1 atom stereocenters. The Bertz CT molecular complexity index is 1550. The zero-order valence-electron chi connectivity index (χ0n) is 21.8. The third-order valence-electron chi connectivity index (χ3n) is 7.24. The summed E-state index contributed by atoms with van der Waals surface area (Å²) in [6.07, 6.45) is 0.0305. The Hall–Kier alpha value is -3.17. The molecular weight excluding hydrogens is 514 g/mol. The number of alkyl halides is 3. The molecule has 4 heterocycles. The summed E-state index contributed by atoms with van der Waals surface area (Å²) in [4.78, 5) is 16.1. The van der Waals surface area contributed by atoms with Crippen molar-refractivity contribution in [3.8, 4) is 0 Å². The average molecular weight is 546 g/mol. The number of benzene rings is 1. The van der Waals surface area contributed by atoms with Crippen molar-refractivity contribution in [1.82, 2.24) is 24.3 Å². The molecule has 1 aliphatic rings. The Labute approximate surface area is 218 Å². The van der Waals surface area contributed by atoms with Gasteiger partial charge in [-0.3, -0.25) is 9.30 Å². The van der Waals surface area contributed by atoms with Gasteiger partial charge in [0.25, 0.3) is 0 Å². The highest BCUT2D eigenvalue weighted by Crippen LogP contribution is 2.48. The van der Waals surface area contributed by atoms with Crippen LogP contribution in [0.5, 0.6) is 0 Å². The Balaban J connectivity index is 1.60. The lowest BCUT2D eigenvalue weighted by atomic mass is 10.0. The molecule has 1 fully saturated rings. The second-order valence-corrected chi connectivity index (χ2v) is 13.4. The molecule has 4 aromatic rings. The molecule has 12 heteroatoms. The number of pyridine rings is 1. The van der Waals surface area contributed by atoms with E-state index < -0.39 is 24.9 Å². The van der Waals surface area contributed by atoms with Gasteiger partial charge in [-0.2, -0.15) is 13.2 Å². The molecule has 0 saturated carbocycles. The predicted molar refractivity (Wildman–Crippen MR) is 145 cm³/mol. The highest BCUT2D eigenvalue weighted by atomic mass is 31.2. The molecule has 202 valence electrons. The summed E-state index contributed by atoms with van der Waals surface area (Å²) in [5.74, 6) is 0.927. The first-order valence-electron chi connectivity index (χ1n) is 12.6. The minimum Gasteiger partial charge on any atom is -0.399 e. The van der Waals surface area contributed by atoms with E-state index in [-0.39, 0.29) is 5.69 Å². The number of hydrogen-bond acceptors (Lipinski definition) is 7. The van der Waals surface area contributed by atoms with Gasteiger partial charge in [0.1, 0.15) is 24.4 Å². The molecule has 0 amide bonds. The van der Waals surface area contributed by atoms with Crippen LogP contribution in [0.15, 0.2) is 36.7 Å². The molecule has 3 N–H and O–H groups in total. The second kappa shape index (κ2) is 9.54. The molecule has 1 saturated heterocycles. The third kappa shape index (κ3) is 4.85. The zero-order chi connectivity index (χ0) is 27.4.